The Morgan fingerprint density at radius 2 is 2.37 bits per heavy atom. The first-order chi connectivity index (χ1) is 9.22. The van der Waals surface area contributed by atoms with E-state index in [-0.39, 0.29) is 6.10 Å². The molecule has 0 saturated carbocycles. The molecule has 4 nitrogen and oxygen atoms in total. The Labute approximate surface area is 119 Å². The molecule has 0 amide bonds. The van der Waals surface area contributed by atoms with Crippen molar-refractivity contribution in [3.8, 4) is 5.75 Å². The van der Waals surface area contributed by atoms with Crippen LogP contribution < -0.4 is 10.5 Å². The van der Waals surface area contributed by atoms with Crippen LogP contribution in [0.4, 0.5) is 0 Å². The van der Waals surface area contributed by atoms with Gasteiger partial charge in [0.05, 0.1) is 19.3 Å². The lowest BCUT2D eigenvalue weighted by molar-refractivity contribution is -0.0262. The zero-order chi connectivity index (χ0) is 13.7. The molecule has 1 atom stereocenters. The monoisotopic (exact) mass is 284 g/mol. The van der Waals surface area contributed by atoms with Gasteiger partial charge in [-0.2, -0.15) is 0 Å². The summed E-state index contributed by atoms with van der Waals surface area (Å²) in [6, 6.07) is 5.76. The molecule has 1 aromatic rings. The third-order valence-electron chi connectivity index (χ3n) is 3.20. The van der Waals surface area contributed by atoms with Crippen molar-refractivity contribution in [2.75, 3.05) is 32.8 Å². The summed E-state index contributed by atoms with van der Waals surface area (Å²) in [7, 11) is 0. The number of rotatable bonds is 5. The molecule has 0 radical (unpaired) electrons. The Morgan fingerprint density at radius 1 is 1.53 bits per heavy atom. The molecule has 5 heteroatoms. The van der Waals surface area contributed by atoms with Gasteiger partial charge in [-0.25, -0.2) is 0 Å². The van der Waals surface area contributed by atoms with Crippen LogP contribution >= 0.6 is 11.6 Å². The van der Waals surface area contributed by atoms with E-state index >= 15 is 0 Å². The lowest BCUT2D eigenvalue weighted by Crippen LogP contribution is -2.45. The predicted octanol–water partition coefficient (Wildman–Crippen LogP) is 1.90. The summed E-state index contributed by atoms with van der Waals surface area (Å²) in [5, 5.41) is 0.738. The molecule has 1 aliphatic rings. The van der Waals surface area contributed by atoms with Crippen molar-refractivity contribution in [1.82, 2.24) is 4.90 Å². The molecule has 0 spiro atoms. The van der Waals surface area contributed by atoms with Crippen LogP contribution in [0.3, 0.4) is 0 Å². The van der Waals surface area contributed by atoms with E-state index in [0.717, 1.165) is 42.6 Å². The molecular formula is C14H21ClN2O2. The number of benzene rings is 1. The quantitative estimate of drug-likeness (QED) is 0.897. The van der Waals surface area contributed by atoms with E-state index in [1.807, 2.05) is 25.1 Å². The Hall–Kier alpha value is -0.810. The SMILES string of the molecule is CCOc1ccc(Cl)cc1CN1CCO[C@@H](CN)C1. The molecule has 2 N–H and O–H groups in total. The molecule has 0 aliphatic carbocycles. The van der Waals surface area contributed by atoms with E-state index in [1.165, 1.54) is 0 Å². The van der Waals surface area contributed by atoms with E-state index in [4.69, 9.17) is 26.8 Å². The highest BCUT2D eigenvalue weighted by Crippen LogP contribution is 2.25. The van der Waals surface area contributed by atoms with E-state index in [2.05, 4.69) is 4.90 Å². The summed E-state index contributed by atoms with van der Waals surface area (Å²) in [6.07, 6.45) is 0.128. The average molecular weight is 285 g/mol. The average Bonchev–Trinajstić information content (AvgIpc) is 2.42. The lowest BCUT2D eigenvalue weighted by atomic mass is 10.1. The number of nitrogens with two attached hydrogens (primary N) is 1. The molecule has 1 heterocycles. The largest absolute Gasteiger partial charge is 0.494 e. The van der Waals surface area contributed by atoms with Crippen molar-refractivity contribution in [3.63, 3.8) is 0 Å². The second-order valence-electron chi connectivity index (χ2n) is 4.65. The van der Waals surface area contributed by atoms with Crippen molar-refractivity contribution >= 4 is 11.6 Å². The van der Waals surface area contributed by atoms with Crippen LogP contribution in [0, 0.1) is 0 Å². The molecule has 106 valence electrons. The predicted molar refractivity (Wildman–Crippen MR) is 76.7 cm³/mol. The smallest absolute Gasteiger partial charge is 0.123 e. The normalized spacial score (nSPS) is 20.5. The zero-order valence-corrected chi connectivity index (χ0v) is 12.0. The number of halogens is 1. The first-order valence-corrected chi connectivity index (χ1v) is 7.06. The maximum Gasteiger partial charge on any atom is 0.123 e. The van der Waals surface area contributed by atoms with Gasteiger partial charge in [-0.15, -0.1) is 0 Å². The van der Waals surface area contributed by atoms with Crippen molar-refractivity contribution in [2.24, 2.45) is 5.73 Å². The number of hydrogen-bond donors (Lipinski definition) is 1. The number of hydrogen-bond acceptors (Lipinski definition) is 4. The van der Waals surface area contributed by atoms with E-state index < -0.39 is 0 Å². The van der Waals surface area contributed by atoms with Crippen LogP contribution in [-0.4, -0.2) is 43.9 Å². The third-order valence-corrected chi connectivity index (χ3v) is 3.44. The summed E-state index contributed by atoms with van der Waals surface area (Å²) in [4.78, 5) is 2.33. The minimum absolute atomic E-state index is 0.128. The molecule has 2 rings (SSSR count). The first kappa shape index (κ1) is 14.6. The highest BCUT2D eigenvalue weighted by Gasteiger charge is 2.20. The summed E-state index contributed by atoms with van der Waals surface area (Å²) in [5.41, 5.74) is 6.78. The Kier molecular flexibility index (Phi) is 5.45. The first-order valence-electron chi connectivity index (χ1n) is 6.68. The maximum atomic E-state index is 6.07. The van der Waals surface area contributed by atoms with Gasteiger partial charge in [0, 0.05) is 36.8 Å². The highest BCUT2D eigenvalue weighted by molar-refractivity contribution is 6.30. The molecule has 19 heavy (non-hydrogen) atoms. The fraction of sp³-hybridized carbons (Fsp3) is 0.571. The van der Waals surface area contributed by atoms with Gasteiger partial charge in [0.25, 0.3) is 0 Å². The third kappa shape index (κ3) is 4.08. The van der Waals surface area contributed by atoms with Gasteiger partial charge in [-0.3, -0.25) is 4.90 Å². The van der Waals surface area contributed by atoms with Crippen LogP contribution in [0.5, 0.6) is 5.75 Å². The minimum Gasteiger partial charge on any atom is -0.494 e. The van der Waals surface area contributed by atoms with Gasteiger partial charge in [-0.1, -0.05) is 11.6 Å². The van der Waals surface area contributed by atoms with Crippen molar-refractivity contribution in [1.29, 1.82) is 0 Å². The molecule has 0 aromatic heterocycles. The second-order valence-corrected chi connectivity index (χ2v) is 5.09. The second kappa shape index (κ2) is 7.10. The summed E-state index contributed by atoms with van der Waals surface area (Å²) in [5.74, 6) is 0.905. The Balaban J connectivity index is 2.06. The van der Waals surface area contributed by atoms with Gasteiger partial charge >= 0.3 is 0 Å². The van der Waals surface area contributed by atoms with Crippen molar-refractivity contribution in [3.05, 3.63) is 28.8 Å². The van der Waals surface area contributed by atoms with Gasteiger partial charge in [0.15, 0.2) is 0 Å². The van der Waals surface area contributed by atoms with E-state index in [1.54, 1.807) is 0 Å². The van der Waals surface area contributed by atoms with Crippen molar-refractivity contribution in [2.45, 2.75) is 19.6 Å². The molecule has 0 unspecified atom stereocenters. The number of morpholine rings is 1. The molecule has 1 fully saturated rings. The van der Waals surface area contributed by atoms with E-state index in [9.17, 15) is 0 Å². The maximum absolute atomic E-state index is 6.07. The fourth-order valence-electron chi connectivity index (χ4n) is 2.28. The van der Waals surface area contributed by atoms with Crippen LogP contribution in [0.25, 0.3) is 0 Å². The summed E-state index contributed by atoms with van der Waals surface area (Å²) >= 11 is 6.07. The van der Waals surface area contributed by atoms with Gasteiger partial charge in [0.2, 0.25) is 0 Å². The van der Waals surface area contributed by atoms with Crippen LogP contribution in [-0.2, 0) is 11.3 Å². The summed E-state index contributed by atoms with van der Waals surface area (Å²) in [6.45, 7) is 6.51. The standard InChI is InChI=1S/C14H21ClN2O2/c1-2-18-14-4-3-12(15)7-11(14)9-17-5-6-19-13(8-16)10-17/h3-4,7,13H,2,5-6,8-10,16H2,1H3/t13-/m0/s1. The van der Waals surface area contributed by atoms with Crippen LogP contribution in [0.1, 0.15) is 12.5 Å². The Morgan fingerprint density at radius 3 is 3.11 bits per heavy atom. The highest BCUT2D eigenvalue weighted by atomic mass is 35.5. The van der Waals surface area contributed by atoms with Gasteiger partial charge in [0.1, 0.15) is 5.75 Å². The molecule has 0 bridgehead atoms. The van der Waals surface area contributed by atoms with Crippen LogP contribution in [0.2, 0.25) is 5.02 Å². The van der Waals surface area contributed by atoms with Crippen LogP contribution in [0.15, 0.2) is 18.2 Å². The topological polar surface area (TPSA) is 47.7 Å². The van der Waals surface area contributed by atoms with E-state index in [0.29, 0.717) is 13.2 Å². The van der Waals surface area contributed by atoms with Crippen molar-refractivity contribution < 1.29 is 9.47 Å². The van der Waals surface area contributed by atoms with Gasteiger partial charge in [-0.05, 0) is 25.1 Å². The molecule has 1 aliphatic heterocycles. The lowest BCUT2D eigenvalue weighted by Gasteiger charge is -2.32. The molecule has 1 aromatic carbocycles. The molecular weight excluding hydrogens is 264 g/mol. The van der Waals surface area contributed by atoms with Gasteiger partial charge < -0.3 is 15.2 Å². The number of nitrogens with zero attached hydrogens (tertiary/aromatic N) is 1. The zero-order valence-electron chi connectivity index (χ0n) is 11.3. The fourth-order valence-corrected chi connectivity index (χ4v) is 2.47. The minimum atomic E-state index is 0.128. The molecule has 1 saturated heterocycles. The Bertz CT molecular complexity index is 414. The summed E-state index contributed by atoms with van der Waals surface area (Å²) < 4.78 is 11.2. The number of ether oxygens (including phenoxy) is 2.